The number of benzene rings is 1. The van der Waals surface area contributed by atoms with Crippen LogP contribution in [-0.4, -0.2) is 81.4 Å². The van der Waals surface area contributed by atoms with E-state index in [2.05, 4.69) is 26.8 Å². The third-order valence-corrected chi connectivity index (χ3v) is 8.88. The molecule has 1 aliphatic heterocycles. The van der Waals surface area contributed by atoms with Gasteiger partial charge in [-0.1, -0.05) is 18.2 Å². The number of hydrogen-bond donors (Lipinski definition) is 2. The van der Waals surface area contributed by atoms with E-state index in [0.29, 0.717) is 35.8 Å². The van der Waals surface area contributed by atoms with E-state index in [1.165, 1.54) is 6.42 Å². The summed E-state index contributed by atoms with van der Waals surface area (Å²) in [6.45, 7) is 3.00. The summed E-state index contributed by atoms with van der Waals surface area (Å²) in [5.74, 6) is 0.726. The molecule has 2 unspecified atom stereocenters. The van der Waals surface area contributed by atoms with Crippen LogP contribution in [0, 0.1) is 0 Å². The summed E-state index contributed by atoms with van der Waals surface area (Å²) < 4.78 is 28.0. The number of guanidine groups is 1. The molecule has 1 saturated heterocycles. The largest absolute Gasteiger partial charge is 0.354 e. The molecule has 2 fully saturated rings. The van der Waals surface area contributed by atoms with Gasteiger partial charge in [-0.3, -0.25) is 4.99 Å². The molecule has 1 aromatic carbocycles. The first-order valence-corrected chi connectivity index (χ1v) is 12.9. The maximum atomic E-state index is 13.2. The summed E-state index contributed by atoms with van der Waals surface area (Å²) in [4.78, 5) is 6.87. The van der Waals surface area contributed by atoms with E-state index >= 15 is 0 Å². The summed E-state index contributed by atoms with van der Waals surface area (Å²) in [7, 11) is 0.273. The van der Waals surface area contributed by atoms with Gasteiger partial charge >= 0.3 is 0 Å². The Morgan fingerprint density at radius 3 is 2.53 bits per heavy atom. The number of piperazine rings is 1. The Bertz CT molecular complexity index is 813. The van der Waals surface area contributed by atoms with Crippen LogP contribution in [0.4, 0.5) is 0 Å². The first-order chi connectivity index (χ1) is 13.9. The minimum Gasteiger partial charge on any atom is -0.354 e. The lowest BCUT2D eigenvalue weighted by molar-refractivity contribution is 0.222. The molecule has 1 heterocycles. The molecule has 2 atom stereocenters. The molecule has 1 aromatic rings. The van der Waals surface area contributed by atoms with E-state index in [-0.39, 0.29) is 24.0 Å². The van der Waals surface area contributed by atoms with Crippen LogP contribution in [-0.2, 0) is 16.6 Å². The fraction of sp³-hybridized carbons (Fsp3) is 0.650. The van der Waals surface area contributed by atoms with Crippen molar-refractivity contribution in [3.05, 3.63) is 29.8 Å². The van der Waals surface area contributed by atoms with Crippen LogP contribution >= 0.6 is 35.7 Å². The summed E-state index contributed by atoms with van der Waals surface area (Å²) in [5, 5.41) is 7.50. The average Bonchev–Trinajstić information content (AvgIpc) is 3.19. The van der Waals surface area contributed by atoms with Gasteiger partial charge in [0.1, 0.15) is 0 Å². The standard InChI is InChI=1S/C20H33N5O2S2.HI/c1-21-20(23-17-8-9-18(14-17)28-3)22-15-16-6-4-5-7-19(16)29(26,27)25-12-10-24(2)11-13-25;/h4-7,17-18H,8-15H2,1-3H3,(H2,21,22,23);1H. The number of nitrogens with one attached hydrogen (secondary N) is 2. The number of aliphatic imine (C=N–C) groups is 1. The van der Waals surface area contributed by atoms with Crippen LogP contribution in [0.1, 0.15) is 24.8 Å². The predicted octanol–water partition coefficient (Wildman–Crippen LogP) is 2.19. The van der Waals surface area contributed by atoms with Crippen LogP contribution in [0.15, 0.2) is 34.2 Å². The lowest BCUT2D eigenvalue weighted by Gasteiger charge is -2.32. The van der Waals surface area contributed by atoms with E-state index in [1.54, 1.807) is 23.5 Å². The van der Waals surface area contributed by atoms with Crippen molar-refractivity contribution in [1.82, 2.24) is 19.8 Å². The van der Waals surface area contributed by atoms with Crippen LogP contribution in [0.2, 0.25) is 0 Å². The number of thioether (sulfide) groups is 1. The predicted molar refractivity (Wildman–Crippen MR) is 136 cm³/mol. The molecule has 30 heavy (non-hydrogen) atoms. The number of sulfonamides is 1. The van der Waals surface area contributed by atoms with E-state index in [0.717, 1.165) is 37.5 Å². The number of nitrogens with zero attached hydrogens (tertiary/aromatic N) is 3. The maximum absolute atomic E-state index is 13.2. The normalized spacial score (nSPS) is 23.8. The second-order valence-electron chi connectivity index (χ2n) is 7.75. The number of rotatable bonds is 6. The lowest BCUT2D eigenvalue weighted by atomic mass is 10.2. The fourth-order valence-electron chi connectivity index (χ4n) is 3.92. The summed E-state index contributed by atoms with van der Waals surface area (Å²) >= 11 is 1.92. The van der Waals surface area contributed by atoms with Crippen molar-refractivity contribution in [2.24, 2.45) is 4.99 Å². The fourth-order valence-corrected chi connectivity index (χ4v) is 6.36. The summed E-state index contributed by atoms with van der Waals surface area (Å²) in [6.07, 6.45) is 5.66. The Hall–Kier alpha value is -0.560. The first kappa shape index (κ1) is 25.7. The molecule has 0 aromatic heterocycles. The SMILES string of the molecule is CN=C(NCc1ccccc1S(=O)(=O)N1CCN(C)CC1)NC1CCC(SC)C1.I. The summed E-state index contributed by atoms with van der Waals surface area (Å²) in [6, 6.07) is 7.68. The van der Waals surface area contributed by atoms with E-state index in [1.807, 2.05) is 30.9 Å². The minimum atomic E-state index is -3.50. The zero-order chi connectivity index (χ0) is 20.9. The molecule has 3 rings (SSSR count). The molecule has 2 N–H and O–H groups in total. The average molecular weight is 568 g/mol. The lowest BCUT2D eigenvalue weighted by Crippen LogP contribution is -2.47. The van der Waals surface area contributed by atoms with Crippen molar-refractivity contribution < 1.29 is 8.42 Å². The number of likely N-dealkylation sites (N-methyl/N-ethyl adjacent to an activating group) is 1. The molecule has 1 saturated carbocycles. The molecule has 7 nitrogen and oxygen atoms in total. The highest BCUT2D eigenvalue weighted by atomic mass is 127. The zero-order valence-electron chi connectivity index (χ0n) is 18.0. The molecular weight excluding hydrogens is 533 g/mol. The smallest absolute Gasteiger partial charge is 0.243 e. The minimum absolute atomic E-state index is 0. The Labute approximate surface area is 202 Å². The van der Waals surface area contributed by atoms with Crippen molar-refractivity contribution in [2.75, 3.05) is 46.5 Å². The van der Waals surface area contributed by atoms with Crippen molar-refractivity contribution in [1.29, 1.82) is 0 Å². The Morgan fingerprint density at radius 2 is 1.90 bits per heavy atom. The number of hydrogen-bond acceptors (Lipinski definition) is 5. The van der Waals surface area contributed by atoms with Gasteiger partial charge in [0.2, 0.25) is 10.0 Å². The highest BCUT2D eigenvalue weighted by molar-refractivity contribution is 14.0. The van der Waals surface area contributed by atoms with Gasteiger partial charge in [0, 0.05) is 51.1 Å². The second-order valence-corrected chi connectivity index (χ2v) is 10.8. The zero-order valence-corrected chi connectivity index (χ0v) is 22.0. The third-order valence-electron chi connectivity index (χ3n) is 5.78. The van der Waals surface area contributed by atoms with Gasteiger partial charge in [-0.2, -0.15) is 16.1 Å². The number of halogens is 1. The topological polar surface area (TPSA) is 77.0 Å². The Kier molecular flexibility index (Phi) is 10.2. The van der Waals surface area contributed by atoms with Crippen LogP contribution < -0.4 is 10.6 Å². The van der Waals surface area contributed by atoms with Crippen molar-refractivity contribution in [3.8, 4) is 0 Å². The molecule has 10 heteroatoms. The van der Waals surface area contributed by atoms with Crippen LogP contribution in [0.5, 0.6) is 0 Å². The van der Waals surface area contributed by atoms with Gasteiger partial charge in [-0.25, -0.2) is 8.42 Å². The molecule has 0 amide bonds. The molecule has 2 aliphatic rings. The molecule has 0 radical (unpaired) electrons. The highest BCUT2D eigenvalue weighted by Gasteiger charge is 2.29. The summed E-state index contributed by atoms with van der Waals surface area (Å²) in [5.41, 5.74) is 0.766. The van der Waals surface area contributed by atoms with Crippen molar-refractivity contribution >= 4 is 51.7 Å². The van der Waals surface area contributed by atoms with E-state index in [4.69, 9.17) is 0 Å². The van der Waals surface area contributed by atoms with Gasteiger partial charge in [0.15, 0.2) is 5.96 Å². The maximum Gasteiger partial charge on any atom is 0.243 e. The Balaban J connectivity index is 0.00000320. The molecule has 0 bridgehead atoms. The van der Waals surface area contributed by atoms with Gasteiger partial charge in [-0.15, -0.1) is 24.0 Å². The van der Waals surface area contributed by atoms with Crippen LogP contribution in [0.3, 0.4) is 0 Å². The molecule has 0 spiro atoms. The van der Waals surface area contributed by atoms with Gasteiger partial charge in [-0.05, 0) is 44.2 Å². The monoisotopic (exact) mass is 567 g/mol. The van der Waals surface area contributed by atoms with Gasteiger partial charge in [0.25, 0.3) is 0 Å². The molecular formula is C20H34IN5O2S2. The molecule has 170 valence electrons. The quantitative estimate of drug-likeness (QED) is 0.312. The van der Waals surface area contributed by atoms with Gasteiger partial charge < -0.3 is 15.5 Å². The third kappa shape index (κ3) is 6.47. The molecule has 1 aliphatic carbocycles. The van der Waals surface area contributed by atoms with Crippen LogP contribution in [0.25, 0.3) is 0 Å². The Morgan fingerprint density at radius 1 is 1.20 bits per heavy atom. The van der Waals surface area contributed by atoms with Crippen molar-refractivity contribution in [3.63, 3.8) is 0 Å². The van der Waals surface area contributed by atoms with Gasteiger partial charge in [0.05, 0.1) is 4.90 Å². The van der Waals surface area contributed by atoms with E-state index in [9.17, 15) is 8.42 Å². The van der Waals surface area contributed by atoms with Crippen molar-refractivity contribution in [2.45, 2.75) is 42.0 Å². The van der Waals surface area contributed by atoms with E-state index < -0.39 is 10.0 Å². The second kappa shape index (κ2) is 11.9. The first-order valence-electron chi connectivity index (χ1n) is 10.2. The highest BCUT2D eigenvalue weighted by Crippen LogP contribution is 2.28.